The first-order valence-corrected chi connectivity index (χ1v) is 13.5. The molecule has 0 spiro atoms. The van der Waals surface area contributed by atoms with Crippen LogP contribution in [0.15, 0.2) is 40.4 Å². The first-order valence-electron chi connectivity index (χ1n) is 12.7. The van der Waals surface area contributed by atoms with Gasteiger partial charge in [-0.25, -0.2) is 9.97 Å². The maximum absolute atomic E-state index is 11.5. The molecular weight excluding hydrogens is 486 g/mol. The highest BCUT2D eigenvalue weighted by Crippen LogP contribution is 2.40. The Morgan fingerprint density at radius 1 is 1.22 bits per heavy atom. The van der Waals surface area contributed by atoms with Crippen molar-refractivity contribution in [3.05, 3.63) is 47.3 Å². The van der Waals surface area contributed by atoms with Gasteiger partial charge in [-0.05, 0) is 83.3 Å². The molecule has 198 valence electrons. The van der Waals surface area contributed by atoms with E-state index in [9.17, 15) is 4.79 Å². The number of hydrogen-bond acceptors (Lipinski definition) is 9. The summed E-state index contributed by atoms with van der Waals surface area (Å²) in [6.07, 6.45) is 2.48. The van der Waals surface area contributed by atoms with Crippen molar-refractivity contribution in [2.75, 3.05) is 52.7 Å². The second-order valence-electron chi connectivity index (χ2n) is 9.88. The number of ketones is 1. The predicted octanol–water partition coefficient (Wildman–Crippen LogP) is 4.28. The van der Waals surface area contributed by atoms with Crippen LogP contribution < -0.4 is 10.1 Å². The van der Waals surface area contributed by atoms with Crippen molar-refractivity contribution in [2.45, 2.75) is 49.1 Å². The van der Waals surface area contributed by atoms with E-state index in [0.717, 1.165) is 60.9 Å². The molecule has 0 atom stereocenters. The van der Waals surface area contributed by atoms with Crippen LogP contribution in [0.25, 0.3) is 0 Å². The minimum atomic E-state index is 0.153. The van der Waals surface area contributed by atoms with E-state index in [-0.39, 0.29) is 11.7 Å². The van der Waals surface area contributed by atoms with Crippen LogP contribution in [-0.2, 0) is 11.2 Å². The van der Waals surface area contributed by atoms with E-state index < -0.39 is 0 Å². The van der Waals surface area contributed by atoms with Gasteiger partial charge in [-0.1, -0.05) is 12.1 Å². The van der Waals surface area contributed by atoms with Gasteiger partial charge < -0.3 is 19.9 Å². The Morgan fingerprint density at radius 3 is 2.54 bits per heavy atom. The maximum atomic E-state index is 11.5. The first kappa shape index (κ1) is 27.1. The van der Waals surface area contributed by atoms with Crippen molar-refractivity contribution < 1.29 is 9.53 Å². The van der Waals surface area contributed by atoms with Gasteiger partial charge in [0.05, 0.1) is 12.8 Å². The summed E-state index contributed by atoms with van der Waals surface area (Å²) in [5.41, 5.74) is 2.90. The summed E-state index contributed by atoms with van der Waals surface area (Å²) in [5, 5.41) is 11.3. The topological polar surface area (TPSA) is 99.3 Å². The van der Waals surface area contributed by atoms with Crippen molar-refractivity contribution in [3.63, 3.8) is 0 Å². The third kappa shape index (κ3) is 7.53. The van der Waals surface area contributed by atoms with Gasteiger partial charge in [0, 0.05) is 42.1 Å². The molecule has 4 rings (SSSR count). The molecule has 3 aromatic rings. The van der Waals surface area contributed by atoms with Crippen LogP contribution >= 0.6 is 11.8 Å². The molecule has 37 heavy (non-hydrogen) atoms. The molecule has 2 aromatic heterocycles. The molecule has 0 amide bonds. The van der Waals surface area contributed by atoms with Crippen LogP contribution in [0.4, 0.5) is 11.6 Å². The van der Waals surface area contributed by atoms with Crippen molar-refractivity contribution in [3.8, 4) is 5.75 Å². The summed E-state index contributed by atoms with van der Waals surface area (Å²) < 4.78 is 5.89. The average molecular weight is 524 g/mol. The molecule has 1 aromatic carbocycles. The smallest absolute Gasteiger partial charge is 0.194 e. The number of rotatable bonds is 11. The Hall–Kier alpha value is -2.95. The molecule has 0 saturated carbocycles. The molecule has 10 heteroatoms. The van der Waals surface area contributed by atoms with Gasteiger partial charge in [-0.3, -0.25) is 9.89 Å². The van der Waals surface area contributed by atoms with Crippen molar-refractivity contribution in [1.82, 2.24) is 30.0 Å². The highest BCUT2D eigenvalue weighted by Gasteiger charge is 2.28. The number of H-pyrrole nitrogens is 1. The Balaban J connectivity index is 1.60. The number of aryl methyl sites for hydroxylation is 1. The van der Waals surface area contributed by atoms with E-state index in [2.05, 4.69) is 39.4 Å². The fourth-order valence-corrected chi connectivity index (χ4v) is 5.26. The standard InChI is InChI=1S/C27H37N7O2S/c1-18-16-23(32-31-18)28-26-25(36-5)24(21-10-12-34(13-11-21)15-14-33(3)4)29-27(30-26)37-22-8-6-20(7-9-22)17-19(2)35/h6-9,16,21H,10-15,17H2,1-5H3,(H2,28,29,30,31,32). The number of aromatic amines is 1. The van der Waals surface area contributed by atoms with Crippen LogP contribution in [0.1, 0.15) is 42.6 Å². The predicted molar refractivity (Wildman–Crippen MR) is 147 cm³/mol. The summed E-state index contributed by atoms with van der Waals surface area (Å²) in [6, 6.07) is 9.95. The number of ether oxygens (including phenoxy) is 1. The third-order valence-electron chi connectivity index (χ3n) is 6.45. The second-order valence-corrected chi connectivity index (χ2v) is 10.9. The monoisotopic (exact) mass is 523 g/mol. The fraction of sp³-hybridized carbons (Fsp3) is 0.481. The van der Waals surface area contributed by atoms with Gasteiger partial charge in [0.1, 0.15) is 5.78 Å². The molecular formula is C27H37N7O2S. The normalized spacial score (nSPS) is 14.8. The zero-order valence-corrected chi connectivity index (χ0v) is 23.2. The number of carbonyl (C=O) groups excluding carboxylic acids is 1. The zero-order valence-electron chi connectivity index (χ0n) is 22.4. The molecule has 0 aliphatic carbocycles. The molecule has 2 N–H and O–H groups in total. The van der Waals surface area contributed by atoms with Crippen LogP contribution in [0, 0.1) is 6.92 Å². The summed E-state index contributed by atoms with van der Waals surface area (Å²) in [7, 11) is 5.91. The quantitative estimate of drug-likeness (QED) is 0.357. The minimum absolute atomic E-state index is 0.153. The molecule has 3 heterocycles. The lowest BCUT2D eigenvalue weighted by Crippen LogP contribution is -2.37. The van der Waals surface area contributed by atoms with E-state index in [1.54, 1.807) is 14.0 Å². The number of piperidine rings is 1. The molecule has 1 fully saturated rings. The number of hydrogen-bond donors (Lipinski definition) is 2. The highest BCUT2D eigenvalue weighted by atomic mass is 32.2. The summed E-state index contributed by atoms with van der Waals surface area (Å²) >= 11 is 1.51. The lowest BCUT2D eigenvalue weighted by molar-refractivity contribution is -0.116. The maximum Gasteiger partial charge on any atom is 0.194 e. The minimum Gasteiger partial charge on any atom is -0.491 e. The van der Waals surface area contributed by atoms with Gasteiger partial charge in [0.15, 0.2) is 22.5 Å². The van der Waals surface area contributed by atoms with Gasteiger partial charge in [0.2, 0.25) is 0 Å². The number of benzene rings is 1. The van der Waals surface area contributed by atoms with E-state index in [1.807, 2.05) is 37.3 Å². The van der Waals surface area contributed by atoms with Crippen molar-refractivity contribution >= 4 is 29.2 Å². The van der Waals surface area contributed by atoms with Crippen molar-refractivity contribution in [2.24, 2.45) is 0 Å². The number of methoxy groups -OCH3 is 1. The molecule has 1 saturated heterocycles. The van der Waals surface area contributed by atoms with E-state index >= 15 is 0 Å². The molecule has 1 aliphatic heterocycles. The lowest BCUT2D eigenvalue weighted by atomic mass is 9.92. The summed E-state index contributed by atoms with van der Waals surface area (Å²) in [4.78, 5) is 27.1. The lowest BCUT2D eigenvalue weighted by Gasteiger charge is -2.33. The molecule has 0 unspecified atom stereocenters. The molecule has 0 bridgehead atoms. The second kappa shape index (κ2) is 12.5. The number of anilines is 2. The highest BCUT2D eigenvalue weighted by molar-refractivity contribution is 7.99. The number of carbonyl (C=O) groups is 1. The van der Waals surface area contributed by atoms with Crippen molar-refractivity contribution in [1.29, 1.82) is 0 Å². The molecule has 9 nitrogen and oxygen atoms in total. The Bertz CT molecular complexity index is 1190. The van der Waals surface area contributed by atoms with E-state index in [1.165, 1.54) is 11.8 Å². The Kier molecular flexibility index (Phi) is 9.18. The first-order chi connectivity index (χ1) is 17.8. The van der Waals surface area contributed by atoms with Crippen LogP contribution in [-0.4, -0.2) is 83.1 Å². The number of likely N-dealkylation sites (tertiary alicyclic amines) is 1. The van der Waals surface area contributed by atoms with Gasteiger partial charge in [0.25, 0.3) is 0 Å². The Labute approximate surface area is 223 Å². The zero-order chi connectivity index (χ0) is 26.4. The number of aromatic nitrogens is 4. The number of Topliss-reactive ketones (excluding diaryl/α,β-unsaturated/α-hetero) is 1. The van der Waals surface area contributed by atoms with Gasteiger partial charge >= 0.3 is 0 Å². The summed E-state index contributed by atoms with van der Waals surface area (Å²) in [6.45, 7) is 7.77. The van der Waals surface area contributed by atoms with Crippen LogP contribution in [0.2, 0.25) is 0 Å². The van der Waals surface area contributed by atoms with Gasteiger partial charge in [-0.15, -0.1) is 0 Å². The molecule has 0 radical (unpaired) electrons. The summed E-state index contributed by atoms with van der Waals surface area (Å²) in [5.74, 6) is 2.41. The van der Waals surface area contributed by atoms with Crippen LogP contribution in [0.3, 0.4) is 0 Å². The van der Waals surface area contributed by atoms with E-state index in [4.69, 9.17) is 14.7 Å². The number of likely N-dealkylation sites (N-methyl/N-ethyl adjacent to an activating group) is 1. The van der Waals surface area contributed by atoms with Crippen LogP contribution in [0.5, 0.6) is 5.75 Å². The van der Waals surface area contributed by atoms with Gasteiger partial charge in [-0.2, -0.15) is 5.10 Å². The third-order valence-corrected chi connectivity index (χ3v) is 7.32. The average Bonchev–Trinajstić information content (AvgIpc) is 3.28. The largest absolute Gasteiger partial charge is 0.491 e. The number of nitrogens with zero attached hydrogens (tertiary/aromatic N) is 5. The fourth-order valence-electron chi connectivity index (χ4n) is 4.50. The SMILES string of the molecule is COc1c(Nc2cc(C)[nH]n2)nc(Sc2ccc(CC(C)=O)cc2)nc1C1CCN(CCN(C)C)CC1. The van der Waals surface area contributed by atoms with E-state index in [0.29, 0.717) is 29.0 Å². The molecule has 1 aliphatic rings. The Morgan fingerprint density at radius 2 is 1.95 bits per heavy atom. The number of nitrogens with one attached hydrogen (secondary N) is 2.